The molecule has 6 nitrogen and oxygen atoms in total. The van der Waals surface area contributed by atoms with E-state index >= 15 is 0 Å². The molecule has 32 heavy (non-hydrogen) atoms. The molecule has 1 atom stereocenters. The Bertz CT molecular complexity index is 1190. The largest absolute Gasteiger partial charge is 0.494 e. The first-order chi connectivity index (χ1) is 15.6. The fourth-order valence-corrected chi connectivity index (χ4v) is 3.67. The van der Waals surface area contributed by atoms with Gasteiger partial charge in [0.25, 0.3) is 0 Å². The van der Waals surface area contributed by atoms with Crippen molar-refractivity contribution >= 4 is 0 Å². The normalized spacial score (nSPS) is 11.6. The fourth-order valence-electron chi connectivity index (χ4n) is 3.67. The molecule has 6 heteroatoms. The van der Waals surface area contributed by atoms with E-state index in [1.807, 2.05) is 60.8 Å². The van der Waals surface area contributed by atoms with E-state index in [-0.39, 0.29) is 24.4 Å². The van der Waals surface area contributed by atoms with Gasteiger partial charge in [-0.2, -0.15) is 5.26 Å². The Morgan fingerprint density at radius 3 is 2.41 bits per heavy atom. The highest BCUT2D eigenvalue weighted by Crippen LogP contribution is 2.30. The van der Waals surface area contributed by atoms with Crippen molar-refractivity contribution in [3.05, 3.63) is 96.3 Å². The Kier molecular flexibility index (Phi) is 6.38. The highest BCUT2D eigenvalue weighted by atomic mass is 16.5. The summed E-state index contributed by atoms with van der Waals surface area (Å²) >= 11 is 0. The second kappa shape index (κ2) is 9.71. The van der Waals surface area contributed by atoms with Gasteiger partial charge in [-0.15, -0.1) is 0 Å². The predicted octanol–water partition coefficient (Wildman–Crippen LogP) is 5.09. The third kappa shape index (κ3) is 4.90. The predicted molar refractivity (Wildman–Crippen MR) is 121 cm³/mol. The monoisotopic (exact) mass is 425 g/mol. The molecule has 2 aromatic carbocycles. The van der Waals surface area contributed by atoms with Gasteiger partial charge in [-0.1, -0.05) is 30.3 Å². The van der Waals surface area contributed by atoms with Crippen LogP contribution in [0.15, 0.2) is 85.2 Å². The first-order valence-electron chi connectivity index (χ1n) is 10.4. The Morgan fingerprint density at radius 2 is 1.72 bits per heavy atom. The molecule has 0 saturated carbocycles. The van der Waals surface area contributed by atoms with Crippen LogP contribution >= 0.6 is 0 Å². The van der Waals surface area contributed by atoms with Crippen molar-refractivity contribution in [2.75, 3.05) is 6.61 Å². The van der Waals surface area contributed by atoms with E-state index in [2.05, 4.69) is 11.1 Å². The molecule has 0 spiro atoms. The lowest BCUT2D eigenvalue weighted by atomic mass is 10.0. The molecule has 4 aromatic rings. The lowest BCUT2D eigenvalue weighted by Gasteiger charge is -2.21. The second-order valence-electron chi connectivity index (χ2n) is 7.50. The zero-order valence-electron chi connectivity index (χ0n) is 17.4. The van der Waals surface area contributed by atoms with Crippen LogP contribution in [0.2, 0.25) is 0 Å². The number of hydrogen-bond donors (Lipinski definition) is 2. The molecule has 0 aliphatic heterocycles. The van der Waals surface area contributed by atoms with Crippen LogP contribution in [0.3, 0.4) is 0 Å². The number of benzene rings is 2. The summed E-state index contributed by atoms with van der Waals surface area (Å²) in [6, 6.07) is 23.8. The van der Waals surface area contributed by atoms with E-state index in [9.17, 15) is 10.2 Å². The minimum Gasteiger partial charge on any atom is -0.494 e. The smallest absolute Gasteiger partial charge is 0.194 e. The van der Waals surface area contributed by atoms with Crippen molar-refractivity contribution in [1.29, 1.82) is 5.26 Å². The van der Waals surface area contributed by atoms with Crippen molar-refractivity contribution in [2.24, 2.45) is 0 Å². The van der Waals surface area contributed by atoms with Gasteiger partial charge in [-0.05, 0) is 59.9 Å². The number of nitrogens with zero attached hydrogens (tertiary/aromatic N) is 3. The van der Waals surface area contributed by atoms with Gasteiger partial charge in [-0.3, -0.25) is 9.55 Å². The summed E-state index contributed by atoms with van der Waals surface area (Å²) < 4.78 is 7.50. The van der Waals surface area contributed by atoms with E-state index < -0.39 is 0 Å². The summed E-state index contributed by atoms with van der Waals surface area (Å²) in [5.74, 6) is 0.674. The van der Waals surface area contributed by atoms with Crippen molar-refractivity contribution < 1.29 is 14.9 Å². The maximum Gasteiger partial charge on any atom is 0.194 e. The van der Waals surface area contributed by atoms with Gasteiger partial charge < -0.3 is 14.9 Å². The number of aryl methyl sites for hydroxylation is 1. The quantitative estimate of drug-likeness (QED) is 0.410. The van der Waals surface area contributed by atoms with Gasteiger partial charge in [0.2, 0.25) is 0 Å². The van der Waals surface area contributed by atoms with Crippen molar-refractivity contribution in [3.63, 3.8) is 0 Å². The van der Waals surface area contributed by atoms with Gasteiger partial charge in [-0.25, -0.2) is 0 Å². The molecule has 0 unspecified atom stereocenters. The number of rotatable bonds is 8. The van der Waals surface area contributed by atoms with Gasteiger partial charge in [0, 0.05) is 24.5 Å². The Balaban J connectivity index is 1.47. The van der Waals surface area contributed by atoms with Gasteiger partial charge in [0.15, 0.2) is 11.8 Å². The lowest BCUT2D eigenvalue weighted by Crippen LogP contribution is -2.18. The molecule has 160 valence electrons. The summed E-state index contributed by atoms with van der Waals surface area (Å²) in [4.78, 5) is 4.14. The third-order valence-corrected chi connectivity index (χ3v) is 5.35. The maximum absolute atomic E-state index is 10.2. The second-order valence-corrected chi connectivity index (χ2v) is 7.50. The van der Waals surface area contributed by atoms with Crippen LogP contribution in [0.1, 0.15) is 23.6 Å². The minimum atomic E-state index is -0.266. The molecule has 2 aromatic heterocycles. The van der Waals surface area contributed by atoms with Crippen molar-refractivity contribution in [2.45, 2.75) is 18.9 Å². The van der Waals surface area contributed by atoms with Crippen LogP contribution in [-0.2, 0) is 6.42 Å². The molecule has 2 heterocycles. The number of nitriles is 1. The zero-order chi connectivity index (χ0) is 22.3. The van der Waals surface area contributed by atoms with Crippen LogP contribution in [0.25, 0.3) is 11.1 Å². The van der Waals surface area contributed by atoms with E-state index in [1.165, 1.54) is 16.7 Å². The van der Waals surface area contributed by atoms with Crippen molar-refractivity contribution in [1.82, 2.24) is 9.55 Å². The van der Waals surface area contributed by atoms with Gasteiger partial charge in [0.05, 0.1) is 17.7 Å². The van der Waals surface area contributed by atoms with E-state index in [1.54, 1.807) is 12.3 Å². The van der Waals surface area contributed by atoms with Crippen LogP contribution in [0.4, 0.5) is 0 Å². The fraction of sp³-hybridized carbons (Fsp3) is 0.154. The average Bonchev–Trinajstić information content (AvgIpc) is 3.18. The molecule has 0 bridgehead atoms. The number of hydrogen-bond acceptors (Lipinski definition) is 5. The summed E-state index contributed by atoms with van der Waals surface area (Å²) in [5, 5.41) is 29.5. The summed E-state index contributed by atoms with van der Waals surface area (Å²) in [6.45, 7) is 0.277. The minimum absolute atomic E-state index is 0.00462. The summed E-state index contributed by atoms with van der Waals surface area (Å²) in [5.41, 5.74) is 3.65. The third-order valence-electron chi connectivity index (χ3n) is 5.35. The highest BCUT2D eigenvalue weighted by molar-refractivity contribution is 5.65. The summed E-state index contributed by atoms with van der Waals surface area (Å²) in [6.07, 6.45) is 4.93. The van der Waals surface area contributed by atoms with Crippen LogP contribution in [0, 0.1) is 11.3 Å². The highest BCUT2D eigenvalue weighted by Gasteiger charge is 2.19. The number of pyridine rings is 1. The number of aromatic hydroxyl groups is 2. The Morgan fingerprint density at radius 1 is 0.938 bits per heavy atom. The average molecular weight is 425 g/mol. The zero-order valence-corrected chi connectivity index (χ0v) is 17.4. The van der Waals surface area contributed by atoms with Crippen LogP contribution < -0.4 is 4.74 Å². The number of ether oxygens (including phenoxy) is 1. The maximum atomic E-state index is 10.2. The first kappa shape index (κ1) is 21.0. The lowest BCUT2D eigenvalue weighted by molar-refractivity contribution is 0.217. The molecule has 0 aliphatic carbocycles. The molecule has 4 rings (SSSR count). The molecule has 0 amide bonds. The molecule has 2 N–H and O–H groups in total. The Hall–Kier alpha value is -4.24. The molecule has 0 aliphatic rings. The van der Waals surface area contributed by atoms with E-state index in [0.29, 0.717) is 17.7 Å². The van der Waals surface area contributed by atoms with Crippen LogP contribution in [0.5, 0.6) is 17.5 Å². The molecule has 0 fully saturated rings. The van der Waals surface area contributed by atoms with Crippen LogP contribution in [-0.4, -0.2) is 26.4 Å². The van der Waals surface area contributed by atoms with Crippen molar-refractivity contribution in [3.8, 4) is 34.7 Å². The SMILES string of the molecule is N#Cc1cccc(-c2ccc(OC[C@@H](CCc3cccnc3)n3c(O)ccc3O)cc2)c1. The van der Waals surface area contributed by atoms with E-state index in [0.717, 1.165) is 23.1 Å². The summed E-state index contributed by atoms with van der Waals surface area (Å²) in [7, 11) is 0. The molecular formula is C26H23N3O3. The first-order valence-corrected chi connectivity index (χ1v) is 10.4. The molecular weight excluding hydrogens is 402 g/mol. The van der Waals surface area contributed by atoms with E-state index in [4.69, 9.17) is 10.00 Å². The molecule has 0 radical (unpaired) electrons. The molecule has 0 saturated heterocycles. The topological polar surface area (TPSA) is 91.3 Å². The van der Waals surface area contributed by atoms with Gasteiger partial charge >= 0.3 is 0 Å². The Labute approximate surface area is 186 Å². The standard InChI is InChI=1S/C26H23N3O3/c27-16-20-3-1-5-22(15-20)21-7-10-24(11-8-21)32-18-23(29-25(30)12-13-26(29)31)9-6-19-4-2-14-28-17-19/h1-5,7-8,10-15,17,23,30-31H,6,9,18H2/t23-/m1/s1. The number of aromatic nitrogens is 2. The van der Waals surface area contributed by atoms with Gasteiger partial charge in [0.1, 0.15) is 12.4 Å².